The Kier molecular flexibility index (Phi) is 6.20. The number of aromatic nitrogens is 2. The summed E-state index contributed by atoms with van der Waals surface area (Å²) in [6.07, 6.45) is 5.11. The number of fused-ring (bicyclic) bond motifs is 1. The highest BCUT2D eigenvalue weighted by molar-refractivity contribution is 7.17. The van der Waals surface area contributed by atoms with Gasteiger partial charge in [0.25, 0.3) is 5.91 Å². The minimum absolute atomic E-state index is 0.238. The Morgan fingerprint density at radius 1 is 1.26 bits per heavy atom. The highest BCUT2D eigenvalue weighted by Gasteiger charge is 2.28. The van der Waals surface area contributed by atoms with Crippen molar-refractivity contribution in [2.24, 2.45) is 0 Å². The van der Waals surface area contributed by atoms with Crippen LogP contribution in [0.25, 0.3) is 5.69 Å². The molecule has 0 saturated heterocycles. The topological polar surface area (TPSA) is 90.3 Å². The van der Waals surface area contributed by atoms with Gasteiger partial charge in [0.15, 0.2) is 5.69 Å². The highest BCUT2D eigenvalue weighted by atomic mass is 35.5. The molecule has 7 nitrogen and oxygen atoms in total. The van der Waals surface area contributed by atoms with Crippen molar-refractivity contribution in [3.8, 4) is 5.69 Å². The van der Waals surface area contributed by atoms with Gasteiger partial charge in [-0.2, -0.15) is 5.10 Å². The minimum atomic E-state index is -0.675. The Labute approximate surface area is 187 Å². The number of hydrogen-bond acceptors (Lipinski definition) is 6. The second-order valence-corrected chi connectivity index (χ2v) is 8.58. The lowest BCUT2D eigenvalue weighted by molar-refractivity contribution is 0.0526. The first kappa shape index (κ1) is 21.3. The van der Waals surface area contributed by atoms with Crippen LogP contribution in [0.2, 0.25) is 5.02 Å². The molecule has 0 spiro atoms. The molecule has 0 saturated carbocycles. The van der Waals surface area contributed by atoms with Gasteiger partial charge in [0.2, 0.25) is 5.43 Å². The first-order valence-corrected chi connectivity index (χ1v) is 11.2. The van der Waals surface area contributed by atoms with Crippen LogP contribution in [0.4, 0.5) is 5.00 Å². The van der Waals surface area contributed by atoms with Crippen LogP contribution in [0, 0.1) is 0 Å². The van der Waals surface area contributed by atoms with Gasteiger partial charge in [0.1, 0.15) is 5.00 Å². The smallest absolute Gasteiger partial charge is 0.341 e. The Morgan fingerprint density at radius 3 is 2.84 bits per heavy atom. The third-order valence-electron chi connectivity index (χ3n) is 4.97. The van der Waals surface area contributed by atoms with Crippen molar-refractivity contribution in [2.75, 3.05) is 11.9 Å². The van der Waals surface area contributed by atoms with E-state index in [1.54, 1.807) is 31.2 Å². The van der Waals surface area contributed by atoms with Crippen LogP contribution < -0.4 is 10.7 Å². The number of benzene rings is 1. The van der Waals surface area contributed by atoms with E-state index in [2.05, 4.69) is 10.4 Å². The lowest BCUT2D eigenvalue weighted by Gasteiger charge is -2.12. The number of halogens is 1. The van der Waals surface area contributed by atoms with Crippen LogP contribution in [0.15, 0.2) is 41.3 Å². The number of anilines is 1. The van der Waals surface area contributed by atoms with E-state index < -0.39 is 17.3 Å². The second-order valence-electron chi connectivity index (χ2n) is 7.04. The summed E-state index contributed by atoms with van der Waals surface area (Å²) >= 11 is 7.39. The van der Waals surface area contributed by atoms with Gasteiger partial charge < -0.3 is 10.1 Å². The monoisotopic (exact) mass is 457 g/mol. The van der Waals surface area contributed by atoms with Crippen molar-refractivity contribution in [2.45, 2.75) is 32.6 Å². The number of amides is 1. The second kappa shape index (κ2) is 9.03. The number of thiophene rings is 1. The quantitative estimate of drug-likeness (QED) is 0.578. The number of esters is 1. The summed E-state index contributed by atoms with van der Waals surface area (Å²) in [5.41, 5.74) is 1.14. The summed E-state index contributed by atoms with van der Waals surface area (Å²) in [5.74, 6) is -1.14. The molecule has 1 aliphatic rings. The molecule has 1 amide bonds. The molecule has 1 aromatic carbocycles. The summed E-state index contributed by atoms with van der Waals surface area (Å²) in [6.45, 7) is 1.97. The number of hydrogen-bond donors (Lipinski definition) is 1. The van der Waals surface area contributed by atoms with Crippen molar-refractivity contribution in [3.63, 3.8) is 0 Å². The van der Waals surface area contributed by atoms with Crippen molar-refractivity contribution in [1.29, 1.82) is 0 Å². The molecule has 0 unspecified atom stereocenters. The zero-order chi connectivity index (χ0) is 22.0. The Hall–Kier alpha value is -2.97. The van der Waals surface area contributed by atoms with Crippen LogP contribution in [0.1, 0.15) is 51.1 Å². The van der Waals surface area contributed by atoms with Crippen molar-refractivity contribution >= 4 is 39.8 Å². The number of carbonyl (C=O) groups excluding carboxylic acids is 2. The normalized spacial score (nSPS) is 12.8. The van der Waals surface area contributed by atoms with Gasteiger partial charge in [0, 0.05) is 22.2 Å². The third-order valence-corrected chi connectivity index (χ3v) is 6.42. The molecule has 0 atom stereocenters. The summed E-state index contributed by atoms with van der Waals surface area (Å²) in [7, 11) is 0. The predicted molar refractivity (Wildman–Crippen MR) is 120 cm³/mol. The molecule has 1 aliphatic carbocycles. The van der Waals surface area contributed by atoms with E-state index >= 15 is 0 Å². The number of ether oxygens (including phenoxy) is 1. The zero-order valence-corrected chi connectivity index (χ0v) is 18.4. The van der Waals surface area contributed by atoms with E-state index in [-0.39, 0.29) is 12.3 Å². The van der Waals surface area contributed by atoms with Gasteiger partial charge >= 0.3 is 5.97 Å². The lowest BCUT2D eigenvalue weighted by atomic mass is 9.95. The molecule has 9 heteroatoms. The van der Waals surface area contributed by atoms with Crippen LogP contribution in [0.3, 0.4) is 0 Å². The fourth-order valence-corrected chi connectivity index (χ4v) is 5.02. The van der Waals surface area contributed by atoms with Gasteiger partial charge in [0.05, 0.1) is 17.9 Å². The molecule has 31 heavy (non-hydrogen) atoms. The number of aryl methyl sites for hydroxylation is 1. The molecule has 0 bridgehead atoms. The van der Waals surface area contributed by atoms with Crippen LogP contribution in [-0.2, 0) is 17.6 Å². The molecule has 160 valence electrons. The average Bonchev–Trinajstić information content (AvgIpc) is 3.12. The zero-order valence-electron chi connectivity index (χ0n) is 16.8. The Morgan fingerprint density at radius 2 is 2.06 bits per heavy atom. The number of nitrogens with one attached hydrogen (secondary N) is 1. The summed E-state index contributed by atoms with van der Waals surface area (Å²) in [6, 6.07) is 8.17. The van der Waals surface area contributed by atoms with Gasteiger partial charge in [-0.15, -0.1) is 11.3 Å². The molecule has 2 aromatic heterocycles. The molecular weight excluding hydrogens is 438 g/mol. The predicted octanol–water partition coefficient (Wildman–Crippen LogP) is 4.26. The molecule has 4 rings (SSSR count). The lowest BCUT2D eigenvalue weighted by Crippen LogP contribution is -2.26. The molecule has 1 N–H and O–H groups in total. The fourth-order valence-electron chi connectivity index (χ4n) is 3.56. The van der Waals surface area contributed by atoms with Gasteiger partial charge in [-0.1, -0.05) is 17.7 Å². The molecule has 0 fully saturated rings. The summed E-state index contributed by atoms with van der Waals surface area (Å²) in [4.78, 5) is 39.0. The Bertz CT molecular complexity index is 1220. The van der Waals surface area contributed by atoms with E-state index in [1.807, 2.05) is 0 Å². The molecule has 2 heterocycles. The van der Waals surface area contributed by atoms with Gasteiger partial charge in [-0.25, -0.2) is 9.48 Å². The first-order valence-electron chi connectivity index (χ1n) is 9.97. The van der Waals surface area contributed by atoms with Crippen molar-refractivity contribution in [1.82, 2.24) is 9.78 Å². The Balaban J connectivity index is 1.69. The third kappa shape index (κ3) is 4.40. The average molecular weight is 458 g/mol. The molecule has 3 aromatic rings. The maximum atomic E-state index is 13.0. The van der Waals surface area contributed by atoms with E-state index in [9.17, 15) is 14.4 Å². The standard InChI is InChI=1S/C22H20ClN3O4S/c1-2-30-22(29)18-15-8-3-4-9-17(15)31-21(18)24-20(28)19-16(27)10-11-26(25-19)14-7-5-6-13(23)12-14/h5-7,10-12H,2-4,8-9H2,1H3,(H,24,28). The molecular formula is C22H20ClN3O4S. The number of rotatable bonds is 5. The van der Waals surface area contributed by atoms with E-state index in [0.717, 1.165) is 36.1 Å². The van der Waals surface area contributed by atoms with Crippen LogP contribution >= 0.6 is 22.9 Å². The number of nitrogens with zero attached hydrogens (tertiary/aromatic N) is 2. The molecule has 0 aliphatic heterocycles. The van der Waals surface area contributed by atoms with E-state index in [1.165, 1.54) is 28.3 Å². The maximum absolute atomic E-state index is 13.0. The minimum Gasteiger partial charge on any atom is -0.462 e. The van der Waals surface area contributed by atoms with E-state index in [0.29, 0.717) is 21.3 Å². The van der Waals surface area contributed by atoms with Gasteiger partial charge in [-0.05, 0) is 56.4 Å². The van der Waals surface area contributed by atoms with Crippen LogP contribution in [0.5, 0.6) is 0 Å². The fraction of sp³-hybridized carbons (Fsp3) is 0.273. The SMILES string of the molecule is CCOC(=O)c1c(NC(=O)c2nn(-c3cccc(Cl)c3)ccc2=O)sc2c1CCCC2. The first-order chi connectivity index (χ1) is 15.0. The summed E-state index contributed by atoms with van der Waals surface area (Å²) < 4.78 is 6.63. The largest absolute Gasteiger partial charge is 0.462 e. The summed E-state index contributed by atoms with van der Waals surface area (Å²) in [5, 5.41) is 7.83. The van der Waals surface area contributed by atoms with E-state index in [4.69, 9.17) is 16.3 Å². The number of carbonyl (C=O) groups is 2. The molecule has 0 radical (unpaired) electrons. The van der Waals surface area contributed by atoms with Crippen molar-refractivity contribution in [3.05, 3.63) is 73.5 Å². The highest BCUT2D eigenvalue weighted by Crippen LogP contribution is 2.38. The van der Waals surface area contributed by atoms with Crippen LogP contribution in [-0.4, -0.2) is 28.3 Å². The maximum Gasteiger partial charge on any atom is 0.341 e. The van der Waals surface area contributed by atoms with Gasteiger partial charge in [-0.3, -0.25) is 9.59 Å². The van der Waals surface area contributed by atoms with Crippen molar-refractivity contribution < 1.29 is 14.3 Å².